The number of methoxy groups -OCH3 is 1. The van der Waals surface area contributed by atoms with Crippen LogP contribution in [0.2, 0.25) is 0 Å². The SMILES string of the molecule is COc1cccc(/C=C/C(=O)Nc2ccccc2NS(C)(=O)=O)c1OC(F)F. The van der Waals surface area contributed by atoms with Crippen LogP contribution in [0.15, 0.2) is 48.5 Å². The van der Waals surface area contributed by atoms with Gasteiger partial charge >= 0.3 is 6.61 Å². The van der Waals surface area contributed by atoms with Gasteiger partial charge in [-0.05, 0) is 24.3 Å². The molecule has 0 heterocycles. The van der Waals surface area contributed by atoms with Gasteiger partial charge in [-0.3, -0.25) is 9.52 Å². The number of hydrogen-bond donors (Lipinski definition) is 2. The first-order valence-corrected chi connectivity index (χ1v) is 9.76. The topological polar surface area (TPSA) is 93.7 Å². The fourth-order valence-electron chi connectivity index (χ4n) is 2.26. The van der Waals surface area contributed by atoms with Gasteiger partial charge in [0.05, 0.1) is 24.7 Å². The molecule has 0 aliphatic carbocycles. The van der Waals surface area contributed by atoms with Gasteiger partial charge in [0.2, 0.25) is 15.9 Å². The summed E-state index contributed by atoms with van der Waals surface area (Å²) in [6, 6.07) is 10.7. The fourth-order valence-corrected chi connectivity index (χ4v) is 2.84. The van der Waals surface area contributed by atoms with Crippen LogP contribution in [0.25, 0.3) is 6.08 Å². The number of amides is 1. The molecule has 150 valence electrons. The average molecular weight is 412 g/mol. The van der Waals surface area contributed by atoms with Crippen molar-refractivity contribution in [2.75, 3.05) is 23.4 Å². The second kappa shape index (κ2) is 9.18. The van der Waals surface area contributed by atoms with Gasteiger partial charge in [0.15, 0.2) is 11.5 Å². The number of carbonyl (C=O) groups excluding carboxylic acids is 1. The fraction of sp³-hybridized carbons (Fsp3) is 0.167. The largest absolute Gasteiger partial charge is 0.493 e. The summed E-state index contributed by atoms with van der Waals surface area (Å²) < 4.78 is 59.9. The summed E-state index contributed by atoms with van der Waals surface area (Å²) in [5, 5.41) is 2.52. The molecular formula is C18H18F2N2O5S. The highest BCUT2D eigenvalue weighted by molar-refractivity contribution is 7.92. The van der Waals surface area contributed by atoms with Crippen molar-refractivity contribution in [3.63, 3.8) is 0 Å². The summed E-state index contributed by atoms with van der Waals surface area (Å²) in [7, 11) is -2.23. The van der Waals surface area contributed by atoms with Crippen molar-refractivity contribution in [2.45, 2.75) is 6.61 Å². The molecule has 0 spiro atoms. The highest BCUT2D eigenvalue weighted by Crippen LogP contribution is 2.33. The zero-order chi connectivity index (χ0) is 20.7. The maximum Gasteiger partial charge on any atom is 0.387 e. The van der Waals surface area contributed by atoms with Crippen molar-refractivity contribution in [3.05, 3.63) is 54.1 Å². The van der Waals surface area contributed by atoms with Gasteiger partial charge in [-0.25, -0.2) is 8.42 Å². The Balaban J connectivity index is 2.22. The zero-order valence-corrected chi connectivity index (χ0v) is 15.8. The van der Waals surface area contributed by atoms with Crippen molar-refractivity contribution in [3.8, 4) is 11.5 Å². The number of rotatable bonds is 8. The number of sulfonamides is 1. The van der Waals surface area contributed by atoms with Gasteiger partial charge in [0.25, 0.3) is 0 Å². The minimum atomic E-state index is -3.54. The van der Waals surface area contributed by atoms with E-state index in [4.69, 9.17) is 4.74 Å². The molecule has 2 rings (SSSR count). The van der Waals surface area contributed by atoms with Crippen molar-refractivity contribution in [1.82, 2.24) is 0 Å². The lowest BCUT2D eigenvalue weighted by atomic mass is 10.1. The first-order valence-electron chi connectivity index (χ1n) is 7.87. The first kappa shape index (κ1) is 21.2. The highest BCUT2D eigenvalue weighted by atomic mass is 32.2. The third-order valence-electron chi connectivity index (χ3n) is 3.33. The monoisotopic (exact) mass is 412 g/mol. The third kappa shape index (κ3) is 6.23. The molecule has 2 aromatic rings. The van der Waals surface area contributed by atoms with Gasteiger partial charge < -0.3 is 14.8 Å². The number of halogens is 2. The normalized spacial score (nSPS) is 11.5. The Morgan fingerprint density at radius 1 is 1.11 bits per heavy atom. The van der Waals surface area contributed by atoms with Crippen LogP contribution in [0.5, 0.6) is 11.5 Å². The maximum absolute atomic E-state index is 12.6. The third-order valence-corrected chi connectivity index (χ3v) is 3.92. The van der Waals surface area contributed by atoms with E-state index in [1.54, 1.807) is 18.2 Å². The molecule has 28 heavy (non-hydrogen) atoms. The van der Waals surface area contributed by atoms with Crippen LogP contribution in [0.4, 0.5) is 20.2 Å². The van der Waals surface area contributed by atoms with Crippen LogP contribution in [0, 0.1) is 0 Å². The minimum absolute atomic E-state index is 0.0885. The average Bonchev–Trinajstić information content (AvgIpc) is 2.60. The summed E-state index contributed by atoms with van der Waals surface area (Å²) in [5.74, 6) is -0.720. The Kier molecular flexibility index (Phi) is 6.94. The van der Waals surface area contributed by atoms with Crippen molar-refractivity contribution >= 4 is 33.4 Å². The molecule has 0 bridgehead atoms. The number of benzene rings is 2. The number of hydrogen-bond acceptors (Lipinski definition) is 5. The summed E-state index contributed by atoms with van der Waals surface area (Å²) in [5.41, 5.74) is 0.629. The van der Waals surface area contributed by atoms with E-state index in [1.165, 1.54) is 37.5 Å². The van der Waals surface area contributed by atoms with Gasteiger partial charge in [0, 0.05) is 11.6 Å². The molecule has 0 aliphatic heterocycles. The summed E-state index contributed by atoms with van der Waals surface area (Å²) in [6.45, 7) is -3.06. The molecule has 0 saturated heterocycles. The number of nitrogens with one attached hydrogen (secondary N) is 2. The van der Waals surface area contributed by atoms with Gasteiger partial charge in [0.1, 0.15) is 0 Å². The molecule has 7 nitrogen and oxygen atoms in total. The molecule has 0 aliphatic rings. The number of para-hydroxylation sites is 3. The van der Waals surface area contributed by atoms with E-state index < -0.39 is 22.5 Å². The number of carbonyl (C=O) groups is 1. The molecule has 2 aromatic carbocycles. The molecular weight excluding hydrogens is 394 g/mol. The van der Waals surface area contributed by atoms with E-state index in [2.05, 4.69) is 14.8 Å². The predicted molar refractivity (Wildman–Crippen MR) is 102 cm³/mol. The molecule has 0 aromatic heterocycles. The lowest BCUT2D eigenvalue weighted by Crippen LogP contribution is -2.14. The maximum atomic E-state index is 12.6. The molecule has 2 N–H and O–H groups in total. The Hall–Kier alpha value is -3.14. The quantitative estimate of drug-likeness (QED) is 0.649. The van der Waals surface area contributed by atoms with E-state index in [1.807, 2.05) is 0 Å². The highest BCUT2D eigenvalue weighted by Gasteiger charge is 2.14. The first-order chi connectivity index (χ1) is 13.2. The van der Waals surface area contributed by atoms with Crippen molar-refractivity contribution < 1.29 is 31.5 Å². The van der Waals surface area contributed by atoms with Crippen LogP contribution < -0.4 is 19.5 Å². The Morgan fingerprint density at radius 3 is 2.39 bits per heavy atom. The van der Waals surface area contributed by atoms with Crippen molar-refractivity contribution in [2.24, 2.45) is 0 Å². The summed E-state index contributed by atoms with van der Waals surface area (Å²) >= 11 is 0. The lowest BCUT2D eigenvalue weighted by Gasteiger charge is -2.12. The Labute approximate surface area is 161 Å². The Morgan fingerprint density at radius 2 is 1.79 bits per heavy atom. The Bertz CT molecular complexity index is 978. The second-order valence-electron chi connectivity index (χ2n) is 5.50. The molecule has 0 radical (unpaired) electrons. The van der Waals surface area contributed by atoms with Crippen LogP contribution in [0.1, 0.15) is 5.56 Å². The van der Waals surface area contributed by atoms with Crippen molar-refractivity contribution in [1.29, 1.82) is 0 Å². The second-order valence-corrected chi connectivity index (χ2v) is 7.25. The van der Waals surface area contributed by atoms with Crippen LogP contribution in [0.3, 0.4) is 0 Å². The lowest BCUT2D eigenvalue weighted by molar-refractivity contribution is -0.111. The van der Waals surface area contributed by atoms with Crippen LogP contribution >= 0.6 is 0 Å². The van der Waals surface area contributed by atoms with E-state index in [0.29, 0.717) is 0 Å². The smallest absolute Gasteiger partial charge is 0.387 e. The number of ether oxygens (including phenoxy) is 2. The predicted octanol–water partition coefficient (Wildman–Crippen LogP) is 3.32. The number of anilines is 2. The molecule has 10 heteroatoms. The van der Waals surface area contributed by atoms with E-state index >= 15 is 0 Å². The summed E-state index contributed by atoms with van der Waals surface area (Å²) in [4.78, 5) is 12.2. The zero-order valence-electron chi connectivity index (χ0n) is 15.0. The van der Waals surface area contributed by atoms with Gasteiger partial charge in [-0.15, -0.1) is 0 Å². The van der Waals surface area contributed by atoms with Gasteiger partial charge in [-0.2, -0.15) is 8.78 Å². The number of alkyl halides is 2. The molecule has 0 fully saturated rings. The van der Waals surface area contributed by atoms with Crippen LogP contribution in [-0.2, 0) is 14.8 Å². The summed E-state index contributed by atoms with van der Waals surface area (Å²) in [6.07, 6.45) is 3.37. The molecule has 0 atom stereocenters. The molecule has 0 unspecified atom stereocenters. The molecule has 1 amide bonds. The van der Waals surface area contributed by atoms with Crippen LogP contribution in [-0.4, -0.2) is 34.3 Å². The van der Waals surface area contributed by atoms with Gasteiger partial charge in [-0.1, -0.05) is 24.3 Å². The van der Waals surface area contributed by atoms with E-state index in [-0.39, 0.29) is 28.4 Å². The minimum Gasteiger partial charge on any atom is -0.493 e. The standard InChI is InChI=1S/C18H18F2N2O5S/c1-26-15-9-5-6-12(17(15)27-18(19)20)10-11-16(23)21-13-7-3-4-8-14(13)22-28(2,24)25/h3-11,18,22H,1-2H3,(H,21,23)/b11-10+. The van der Waals surface area contributed by atoms with E-state index in [0.717, 1.165) is 12.3 Å². The van der Waals surface area contributed by atoms with E-state index in [9.17, 15) is 22.0 Å². The molecule has 0 saturated carbocycles.